The molecule has 0 radical (unpaired) electrons. The summed E-state index contributed by atoms with van der Waals surface area (Å²) < 4.78 is 29.5. The van der Waals surface area contributed by atoms with Crippen LogP contribution in [0, 0.1) is 12.8 Å². The van der Waals surface area contributed by atoms with E-state index < -0.39 is 10.1 Å². The largest absolute Gasteiger partial charge is 0.297 e. The van der Waals surface area contributed by atoms with Crippen LogP contribution in [0.2, 0.25) is 0 Å². The zero-order valence-corrected chi connectivity index (χ0v) is 11.7. The van der Waals surface area contributed by atoms with Crippen LogP contribution in [0.15, 0.2) is 29.2 Å². The van der Waals surface area contributed by atoms with E-state index in [2.05, 4.69) is 6.92 Å². The summed E-state index contributed by atoms with van der Waals surface area (Å²) in [5.41, 5.74) is 1.04. The maximum atomic E-state index is 12.1. The highest BCUT2D eigenvalue weighted by molar-refractivity contribution is 7.86. The van der Waals surface area contributed by atoms with Crippen LogP contribution in [0.25, 0.3) is 0 Å². The van der Waals surface area contributed by atoms with Crippen LogP contribution in [-0.2, 0) is 14.3 Å². The Balaban J connectivity index is 2.09. The van der Waals surface area contributed by atoms with E-state index in [0.717, 1.165) is 24.8 Å². The summed E-state index contributed by atoms with van der Waals surface area (Å²) in [6.07, 6.45) is 3.75. The van der Waals surface area contributed by atoms with E-state index in [9.17, 15) is 8.42 Å². The van der Waals surface area contributed by atoms with Gasteiger partial charge in [-0.25, -0.2) is 0 Å². The molecule has 1 aliphatic carbocycles. The molecule has 4 heteroatoms. The molecule has 2 rings (SSSR count). The van der Waals surface area contributed by atoms with Crippen LogP contribution in [0.3, 0.4) is 0 Å². The minimum absolute atomic E-state index is 0.153. The maximum absolute atomic E-state index is 12.1. The monoisotopic (exact) mass is 268 g/mol. The molecule has 1 aliphatic rings. The molecule has 0 N–H and O–H groups in total. The number of hydrogen-bond acceptors (Lipinski definition) is 3. The molecule has 0 saturated heterocycles. The molecule has 1 aromatic carbocycles. The lowest BCUT2D eigenvalue weighted by molar-refractivity contribution is 0.136. The van der Waals surface area contributed by atoms with E-state index in [1.165, 1.54) is 6.42 Å². The van der Waals surface area contributed by atoms with E-state index in [-0.39, 0.29) is 11.0 Å². The number of aryl methyl sites for hydroxylation is 1. The summed E-state index contributed by atoms with van der Waals surface area (Å²) in [5, 5.41) is 0. The van der Waals surface area contributed by atoms with Crippen molar-refractivity contribution in [2.45, 2.75) is 50.5 Å². The van der Waals surface area contributed by atoms with Gasteiger partial charge >= 0.3 is 0 Å². The molecule has 0 amide bonds. The van der Waals surface area contributed by atoms with Crippen LogP contribution < -0.4 is 0 Å². The van der Waals surface area contributed by atoms with Gasteiger partial charge in [-0.1, -0.05) is 37.5 Å². The molecular formula is C14H20O3S. The van der Waals surface area contributed by atoms with Crippen molar-refractivity contribution in [2.75, 3.05) is 0 Å². The highest BCUT2D eigenvalue weighted by Crippen LogP contribution is 2.28. The standard InChI is InChI=1S/C14H20O3S/c1-11-6-8-14(9-7-11)18(15,16)17-13-5-3-4-12(2)10-13/h6-9,12-13H,3-5,10H2,1-2H3/t12-,13+/m0/s1. The molecule has 0 bridgehead atoms. The zero-order valence-electron chi connectivity index (χ0n) is 10.9. The minimum Gasteiger partial charge on any atom is -0.263 e. The summed E-state index contributed by atoms with van der Waals surface area (Å²) >= 11 is 0. The van der Waals surface area contributed by atoms with Gasteiger partial charge in [0.05, 0.1) is 11.0 Å². The molecule has 1 fully saturated rings. The lowest BCUT2D eigenvalue weighted by Crippen LogP contribution is -2.24. The lowest BCUT2D eigenvalue weighted by Gasteiger charge is -2.26. The Kier molecular flexibility index (Phi) is 4.07. The van der Waals surface area contributed by atoms with Gasteiger partial charge < -0.3 is 0 Å². The Labute approximate surface area is 109 Å². The molecular weight excluding hydrogens is 248 g/mol. The Morgan fingerprint density at radius 2 is 1.83 bits per heavy atom. The van der Waals surface area contributed by atoms with Crippen molar-refractivity contribution >= 4 is 10.1 Å². The van der Waals surface area contributed by atoms with Gasteiger partial charge in [0.1, 0.15) is 0 Å². The molecule has 100 valence electrons. The van der Waals surface area contributed by atoms with Gasteiger partial charge in [0, 0.05) is 0 Å². The van der Waals surface area contributed by atoms with Crippen molar-refractivity contribution in [2.24, 2.45) is 5.92 Å². The molecule has 1 aromatic rings. The van der Waals surface area contributed by atoms with Gasteiger partial charge in [0.2, 0.25) is 0 Å². The summed E-state index contributed by atoms with van der Waals surface area (Å²) in [7, 11) is -3.60. The second-order valence-electron chi connectivity index (χ2n) is 5.26. The predicted molar refractivity (Wildman–Crippen MR) is 70.9 cm³/mol. The van der Waals surface area contributed by atoms with Crippen LogP contribution in [0.5, 0.6) is 0 Å². The molecule has 0 unspecified atom stereocenters. The number of benzene rings is 1. The smallest absolute Gasteiger partial charge is 0.263 e. The van der Waals surface area contributed by atoms with E-state index >= 15 is 0 Å². The fourth-order valence-corrected chi connectivity index (χ4v) is 3.52. The molecule has 0 heterocycles. The lowest BCUT2D eigenvalue weighted by atomic mass is 9.89. The van der Waals surface area contributed by atoms with Crippen molar-refractivity contribution < 1.29 is 12.6 Å². The normalized spacial score (nSPS) is 25.0. The summed E-state index contributed by atoms with van der Waals surface area (Å²) in [4.78, 5) is 0.256. The fraction of sp³-hybridized carbons (Fsp3) is 0.571. The van der Waals surface area contributed by atoms with Gasteiger partial charge in [0.25, 0.3) is 10.1 Å². The Hall–Kier alpha value is -0.870. The first-order chi connectivity index (χ1) is 8.47. The van der Waals surface area contributed by atoms with Gasteiger partial charge in [-0.2, -0.15) is 8.42 Å². The topological polar surface area (TPSA) is 43.4 Å². The van der Waals surface area contributed by atoms with Gasteiger partial charge in [-0.05, 0) is 37.8 Å². The Bertz CT molecular complexity index is 490. The summed E-state index contributed by atoms with van der Waals surface area (Å²) in [6, 6.07) is 6.80. The molecule has 0 aromatic heterocycles. The van der Waals surface area contributed by atoms with Crippen molar-refractivity contribution in [3.05, 3.63) is 29.8 Å². The second-order valence-corrected chi connectivity index (χ2v) is 6.83. The molecule has 0 aliphatic heterocycles. The van der Waals surface area contributed by atoms with Crippen LogP contribution >= 0.6 is 0 Å². The van der Waals surface area contributed by atoms with Gasteiger partial charge in [-0.15, -0.1) is 0 Å². The number of hydrogen-bond donors (Lipinski definition) is 0. The third kappa shape index (κ3) is 3.33. The molecule has 18 heavy (non-hydrogen) atoms. The zero-order chi connectivity index (χ0) is 13.2. The van der Waals surface area contributed by atoms with Crippen molar-refractivity contribution in [3.8, 4) is 0 Å². The Morgan fingerprint density at radius 1 is 1.17 bits per heavy atom. The first-order valence-electron chi connectivity index (χ1n) is 6.47. The quantitative estimate of drug-likeness (QED) is 0.790. The van der Waals surface area contributed by atoms with E-state index in [1.807, 2.05) is 6.92 Å². The van der Waals surface area contributed by atoms with Gasteiger partial charge in [-0.3, -0.25) is 4.18 Å². The van der Waals surface area contributed by atoms with Crippen LogP contribution in [-0.4, -0.2) is 14.5 Å². The second kappa shape index (κ2) is 5.41. The first-order valence-corrected chi connectivity index (χ1v) is 7.88. The van der Waals surface area contributed by atoms with E-state index in [1.54, 1.807) is 24.3 Å². The molecule has 2 atom stereocenters. The average Bonchev–Trinajstić information content (AvgIpc) is 2.29. The Morgan fingerprint density at radius 3 is 2.44 bits per heavy atom. The minimum atomic E-state index is -3.60. The third-order valence-corrected chi connectivity index (χ3v) is 4.84. The third-order valence-electron chi connectivity index (χ3n) is 3.46. The molecule has 0 spiro atoms. The van der Waals surface area contributed by atoms with Crippen LogP contribution in [0.1, 0.15) is 38.2 Å². The van der Waals surface area contributed by atoms with Crippen molar-refractivity contribution in [3.63, 3.8) is 0 Å². The number of rotatable bonds is 3. The van der Waals surface area contributed by atoms with Gasteiger partial charge in [0.15, 0.2) is 0 Å². The van der Waals surface area contributed by atoms with Crippen LogP contribution in [0.4, 0.5) is 0 Å². The average molecular weight is 268 g/mol. The fourth-order valence-electron chi connectivity index (χ4n) is 2.41. The van der Waals surface area contributed by atoms with Crippen molar-refractivity contribution in [1.82, 2.24) is 0 Å². The van der Waals surface area contributed by atoms with E-state index in [0.29, 0.717) is 5.92 Å². The predicted octanol–water partition coefficient (Wildman–Crippen LogP) is 3.28. The maximum Gasteiger partial charge on any atom is 0.297 e. The first kappa shape index (κ1) is 13.6. The summed E-state index contributed by atoms with van der Waals surface area (Å²) in [6.45, 7) is 4.08. The summed E-state index contributed by atoms with van der Waals surface area (Å²) in [5.74, 6) is 0.553. The molecule has 1 saturated carbocycles. The molecule has 3 nitrogen and oxygen atoms in total. The highest BCUT2D eigenvalue weighted by Gasteiger charge is 2.26. The van der Waals surface area contributed by atoms with E-state index in [4.69, 9.17) is 4.18 Å². The SMILES string of the molecule is Cc1ccc(S(=O)(=O)O[C@@H]2CCC[C@H](C)C2)cc1. The van der Waals surface area contributed by atoms with Crippen molar-refractivity contribution in [1.29, 1.82) is 0 Å². The highest BCUT2D eigenvalue weighted by atomic mass is 32.2.